The Morgan fingerprint density at radius 2 is 1.77 bits per heavy atom. The van der Waals surface area contributed by atoms with Crippen LogP contribution in [-0.4, -0.2) is 24.1 Å². The zero-order valence-electron chi connectivity index (χ0n) is 11.4. The molecule has 0 aromatic heterocycles. The Morgan fingerprint density at radius 1 is 1.05 bits per heavy atom. The number of hydrogen-bond acceptors (Lipinski definition) is 2. The zero-order chi connectivity index (χ0) is 15.7. The predicted octanol–water partition coefficient (Wildman–Crippen LogP) is 3.28. The van der Waals surface area contributed by atoms with Gasteiger partial charge in [-0.3, -0.25) is 4.79 Å². The summed E-state index contributed by atoms with van der Waals surface area (Å²) < 4.78 is 45.3. The molecule has 0 aliphatic carbocycles. The van der Waals surface area contributed by atoms with Gasteiger partial charge < -0.3 is 9.64 Å². The SMILES string of the molecule is O=C(c1ccc(F)c(F)c1F)N1COC(c2ccccc2)C1. The summed E-state index contributed by atoms with van der Waals surface area (Å²) in [6, 6.07) is 10.9. The summed E-state index contributed by atoms with van der Waals surface area (Å²) in [5, 5.41) is 0. The van der Waals surface area contributed by atoms with Crippen molar-refractivity contribution < 1.29 is 22.7 Å². The molecular weight excluding hydrogens is 295 g/mol. The summed E-state index contributed by atoms with van der Waals surface area (Å²) in [7, 11) is 0. The van der Waals surface area contributed by atoms with E-state index in [0.29, 0.717) is 0 Å². The van der Waals surface area contributed by atoms with Gasteiger partial charge in [0.1, 0.15) is 12.8 Å². The van der Waals surface area contributed by atoms with Gasteiger partial charge >= 0.3 is 0 Å². The van der Waals surface area contributed by atoms with Crippen LogP contribution in [0.5, 0.6) is 0 Å². The van der Waals surface area contributed by atoms with E-state index >= 15 is 0 Å². The van der Waals surface area contributed by atoms with Gasteiger partial charge in [-0.1, -0.05) is 30.3 Å². The summed E-state index contributed by atoms with van der Waals surface area (Å²) >= 11 is 0. The van der Waals surface area contributed by atoms with Crippen molar-refractivity contribution in [3.63, 3.8) is 0 Å². The van der Waals surface area contributed by atoms with Crippen LogP contribution >= 0.6 is 0 Å². The van der Waals surface area contributed by atoms with Crippen LogP contribution in [0.3, 0.4) is 0 Å². The molecule has 1 atom stereocenters. The number of carbonyl (C=O) groups excluding carboxylic acids is 1. The first-order chi connectivity index (χ1) is 10.6. The molecule has 3 rings (SSSR count). The number of rotatable bonds is 2. The highest BCUT2D eigenvalue weighted by molar-refractivity contribution is 5.94. The van der Waals surface area contributed by atoms with E-state index in [1.54, 1.807) is 0 Å². The second-order valence-corrected chi connectivity index (χ2v) is 4.95. The third-order valence-corrected chi connectivity index (χ3v) is 3.54. The molecule has 3 nitrogen and oxygen atoms in total. The Labute approximate surface area is 124 Å². The van der Waals surface area contributed by atoms with Crippen molar-refractivity contribution in [2.45, 2.75) is 6.10 Å². The molecule has 1 heterocycles. The molecule has 22 heavy (non-hydrogen) atoms. The van der Waals surface area contributed by atoms with Crippen molar-refractivity contribution in [2.24, 2.45) is 0 Å². The monoisotopic (exact) mass is 307 g/mol. The average Bonchev–Trinajstić information content (AvgIpc) is 3.03. The summed E-state index contributed by atoms with van der Waals surface area (Å²) in [5.74, 6) is -5.18. The lowest BCUT2D eigenvalue weighted by Crippen LogP contribution is -2.29. The maximum absolute atomic E-state index is 13.7. The molecule has 2 aromatic carbocycles. The molecule has 0 bridgehead atoms. The van der Waals surface area contributed by atoms with Gasteiger partial charge in [0.2, 0.25) is 0 Å². The van der Waals surface area contributed by atoms with Crippen molar-refractivity contribution in [3.05, 3.63) is 71.0 Å². The lowest BCUT2D eigenvalue weighted by molar-refractivity contribution is 0.0625. The topological polar surface area (TPSA) is 29.5 Å². The number of amides is 1. The fourth-order valence-corrected chi connectivity index (χ4v) is 2.36. The highest BCUT2D eigenvalue weighted by Gasteiger charge is 2.31. The average molecular weight is 307 g/mol. The van der Waals surface area contributed by atoms with Crippen LogP contribution in [0.1, 0.15) is 22.0 Å². The highest BCUT2D eigenvalue weighted by Crippen LogP contribution is 2.26. The quantitative estimate of drug-likeness (QED) is 0.797. The molecule has 1 saturated heterocycles. The maximum Gasteiger partial charge on any atom is 0.258 e. The molecule has 6 heteroatoms. The Hall–Kier alpha value is -2.34. The largest absolute Gasteiger partial charge is 0.351 e. The van der Waals surface area contributed by atoms with Gasteiger partial charge in [0.05, 0.1) is 12.1 Å². The van der Waals surface area contributed by atoms with Gasteiger partial charge in [-0.05, 0) is 17.7 Å². The molecule has 2 aromatic rings. The van der Waals surface area contributed by atoms with Gasteiger partial charge in [0.25, 0.3) is 5.91 Å². The Kier molecular flexibility index (Phi) is 3.85. The maximum atomic E-state index is 13.7. The fraction of sp³-hybridized carbons (Fsp3) is 0.188. The standard InChI is InChI=1S/C16H12F3NO2/c17-12-7-6-11(14(18)15(12)19)16(21)20-8-13(22-9-20)10-4-2-1-3-5-10/h1-7,13H,8-9H2. The van der Waals surface area contributed by atoms with Crippen LogP contribution in [0.15, 0.2) is 42.5 Å². The van der Waals surface area contributed by atoms with E-state index in [9.17, 15) is 18.0 Å². The van der Waals surface area contributed by atoms with Crippen LogP contribution in [0.2, 0.25) is 0 Å². The van der Waals surface area contributed by atoms with E-state index in [4.69, 9.17) is 4.74 Å². The Balaban J connectivity index is 1.79. The van der Waals surface area contributed by atoms with Crippen LogP contribution in [0.25, 0.3) is 0 Å². The van der Waals surface area contributed by atoms with Crippen LogP contribution < -0.4 is 0 Å². The minimum absolute atomic E-state index is 0.0309. The molecule has 1 aliphatic heterocycles. The van der Waals surface area contributed by atoms with Crippen molar-refractivity contribution in [1.82, 2.24) is 4.90 Å². The van der Waals surface area contributed by atoms with Crippen molar-refractivity contribution in [1.29, 1.82) is 0 Å². The number of benzene rings is 2. The summed E-state index contributed by atoms with van der Waals surface area (Å²) in [5.41, 5.74) is 0.389. The third kappa shape index (κ3) is 2.57. The molecule has 0 radical (unpaired) electrons. The number of halogens is 3. The zero-order valence-corrected chi connectivity index (χ0v) is 11.4. The number of nitrogens with zero attached hydrogens (tertiary/aromatic N) is 1. The first kappa shape index (κ1) is 14.6. The third-order valence-electron chi connectivity index (χ3n) is 3.54. The number of carbonyl (C=O) groups is 1. The Bertz CT molecular complexity index is 706. The van der Waals surface area contributed by atoms with Gasteiger partial charge in [-0.25, -0.2) is 13.2 Å². The van der Waals surface area contributed by atoms with E-state index in [1.807, 2.05) is 30.3 Å². The second kappa shape index (κ2) is 5.81. The fourth-order valence-electron chi connectivity index (χ4n) is 2.36. The van der Waals surface area contributed by atoms with Crippen LogP contribution in [0, 0.1) is 17.5 Å². The van der Waals surface area contributed by atoms with E-state index in [0.717, 1.165) is 17.7 Å². The molecule has 114 valence electrons. The predicted molar refractivity (Wildman–Crippen MR) is 72.5 cm³/mol. The van der Waals surface area contributed by atoms with E-state index in [2.05, 4.69) is 0 Å². The van der Waals surface area contributed by atoms with Crippen molar-refractivity contribution >= 4 is 5.91 Å². The van der Waals surface area contributed by atoms with Gasteiger partial charge in [-0.15, -0.1) is 0 Å². The summed E-state index contributed by atoms with van der Waals surface area (Å²) in [6.45, 7) is 0.193. The molecule has 1 fully saturated rings. The van der Waals surface area contributed by atoms with E-state index < -0.39 is 28.9 Å². The van der Waals surface area contributed by atoms with Gasteiger partial charge in [0, 0.05) is 0 Å². The molecular formula is C16H12F3NO2. The first-order valence-corrected chi connectivity index (χ1v) is 6.67. The molecule has 0 spiro atoms. The number of ether oxygens (including phenoxy) is 1. The smallest absolute Gasteiger partial charge is 0.258 e. The summed E-state index contributed by atoms with van der Waals surface area (Å²) in [4.78, 5) is 13.5. The van der Waals surface area contributed by atoms with Gasteiger partial charge in [-0.2, -0.15) is 0 Å². The minimum Gasteiger partial charge on any atom is -0.351 e. The lowest BCUT2D eigenvalue weighted by Gasteiger charge is -2.15. The molecule has 0 saturated carbocycles. The highest BCUT2D eigenvalue weighted by atomic mass is 19.2. The van der Waals surface area contributed by atoms with Crippen LogP contribution in [0.4, 0.5) is 13.2 Å². The molecule has 1 unspecified atom stereocenters. The molecule has 1 amide bonds. The lowest BCUT2D eigenvalue weighted by atomic mass is 10.1. The van der Waals surface area contributed by atoms with E-state index in [-0.39, 0.29) is 19.4 Å². The molecule has 1 aliphatic rings. The van der Waals surface area contributed by atoms with E-state index in [1.165, 1.54) is 4.90 Å². The van der Waals surface area contributed by atoms with Crippen molar-refractivity contribution in [3.8, 4) is 0 Å². The summed E-state index contributed by atoms with van der Waals surface area (Å²) in [6.07, 6.45) is -0.321. The molecule has 0 N–H and O–H groups in total. The Morgan fingerprint density at radius 3 is 2.50 bits per heavy atom. The van der Waals surface area contributed by atoms with Crippen molar-refractivity contribution in [2.75, 3.05) is 13.3 Å². The first-order valence-electron chi connectivity index (χ1n) is 6.67. The normalized spacial score (nSPS) is 17.8. The number of hydrogen-bond donors (Lipinski definition) is 0. The van der Waals surface area contributed by atoms with Gasteiger partial charge in [0.15, 0.2) is 17.5 Å². The van der Waals surface area contributed by atoms with Crippen LogP contribution in [-0.2, 0) is 4.74 Å². The second-order valence-electron chi connectivity index (χ2n) is 4.95. The minimum atomic E-state index is -1.65.